The van der Waals surface area contributed by atoms with Crippen molar-refractivity contribution < 1.29 is 28.5 Å². The number of hydrogen-bond acceptors (Lipinski definition) is 7. The normalized spacial score (nSPS) is 12.2. The van der Waals surface area contributed by atoms with Crippen molar-refractivity contribution in [2.24, 2.45) is 5.41 Å². The van der Waals surface area contributed by atoms with Gasteiger partial charge in [0.25, 0.3) is 0 Å². The molecule has 2 aromatic heterocycles. The second-order valence-corrected chi connectivity index (χ2v) is 9.96. The van der Waals surface area contributed by atoms with Crippen molar-refractivity contribution in [3.8, 4) is 28.8 Å². The van der Waals surface area contributed by atoms with Gasteiger partial charge in [-0.15, -0.1) is 0 Å². The van der Waals surface area contributed by atoms with Crippen LogP contribution < -0.4 is 14.2 Å². The molecule has 3 aromatic rings. The van der Waals surface area contributed by atoms with E-state index in [2.05, 4.69) is 15.0 Å². The molecule has 1 aliphatic carbocycles. The molecule has 1 N–H and O–H groups in total. The van der Waals surface area contributed by atoms with E-state index >= 15 is 0 Å². The lowest BCUT2D eigenvalue weighted by molar-refractivity contribution is -0.136. The van der Waals surface area contributed by atoms with Crippen LogP contribution in [0.15, 0.2) is 42.7 Å². The van der Waals surface area contributed by atoms with Gasteiger partial charge in [-0.05, 0) is 29.5 Å². The van der Waals surface area contributed by atoms with Gasteiger partial charge in [-0.25, -0.2) is 19.3 Å². The molecule has 0 atom stereocenters. The van der Waals surface area contributed by atoms with E-state index in [0.717, 1.165) is 11.8 Å². The molecule has 37 heavy (non-hydrogen) atoms. The van der Waals surface area contributed by atoms with Crippen molar-refractivity contribution in [3.05, 3.63) is 59.8 Å². The Labute approximate surface area is 216 Å². The summed E-state index contributed by atoms with van der Waals surface area (Å²) in [4.78, 5) is 23.6. The molecule has 1 saturated carbocycles. The van der Waals surface area contributed by atoms with Crippen molar-refractivity contribution in [1.82, 2.24) is 15.0 Å². The highest BCUT2D eigenvalue weighted by Gasteiger charge is 2.20. The van der Waals surface area contributed by atoms with Gasteiger partial charge in [-0.1, -0.05) is 52.2 Å². The van der Waals surface area contributed by atoms with E-state index in [0.29, 0.717) is 24.5 Å². The quantitative estimate of drug-likeness (QED) is 0.360. The molecule has 0 amide bonds. The second kappa shape index (κ2) is 13.0. The first kappa shape index (κ1) is 27.8. The smallest absolute Gasteiger partial charge is 0.303 e. The number of methoxy groups -OCH3 is 1. The van der Waals surface area contributed by atoms with E-state index in [4.69, 9.17) is 19.3 Å². The molecule has 9 heteroatoms. The molecule has 8 nitrogen and oxygen atoms in total. The van der Waals surface area contributed by atoms with Crippen molar-refractivity contribution in [1.29, 1.82) is 0 Å². The number of ether oxygens (including phenoxy) is 3. The van der Waals surface area contributed by atoms with Crippen LogP contribution in [0.2, 0.25) is 0 Å². The third kappa shape index (κ3) is 9.67. The molecule has 0 radical (unpaired) electrons. The molecule has 1 fully saturated rings. The van der Waals surface area contributed by atoms with Gasteiger partial charge in [0.1, 0.15) is 23.7 Å². The number of pyridine rings is 1. The monoisotopic (exact) mass is 511 g/mol. The first-order valence-electron chi connectivity index (χ1n) is 12.3. The first-order chi connectivity index (χ1) is 17.6. The summed E-state index contributed by atoms with van der Waals surface area (Å²) in [6.07, 6.45) is 7.52. The summed E-state index contributed by atoms with van der Waals surface area (Å²) in [5.74, 6) is -0.421. The molecule has 0 aliphatic heterocycles. The summed E-state index contributed by atoms with van der Waals surface area (Å²) >= 11 is 0. The number of aromatic nitrogens is 3. The van der Waals surface area contributed by atoms with E-state index in [1.807, 2.05) is 26.8 Å². The number of carbonyl (C=O) groups is 1. The lowest BCUT2D eigenvalue weighted by atomic mass is 9.99. The molecule has 2 heterocycles. The molecular weight excluding hydrogens is 477 g/mol. The molecule has 4 rings (SSSR count). The van der Waals surface area contributed by atoms with Crippen molar-refractivity contribution in [3.63, 3.8) is 0 Å². The average Bonchev–Trinajstić information content (AvgIpc) is 3.75. The maximum absolute atomic E-state index is 14.6. The van der Waals surface area contributed by atoms with Crippen LogP contribution in [0, 0.1) is 11.2 Å². The fourth-order valence-electron chi connectivity index (χ4n) is 2.96. The molecule has 0 bridgehead atoms. The number of carboxylic acids is 1. The Morgan fingerprint density at radius 3 is 2.49 bits per heavy atom. The highest BCUT2D eigenvalue weighted by atomic mass is 19.1. The van der Waals surface area contributed by atoms with Crippen LogP contribution in [-0.2, 0) is 17.8 Å². The van der Waals surface area contributed by atoms with Gasteiger partial charge >= 0.3 is 5.97 Å². The molecule has 0 spiro atoms. The Morgan fingerprint density at radius 2 is 1.84 bits per heavy atom. The van der Waals surface area contributed by atoms with Gasteiger partial charge in [0.2, 0.25) is 11.8 Å². The van der Waals surface area contributed by atoms with Crippen LogP contribution in [-0.4, -0.2) is 39.7 Å². The van der Waals surface area contributed by atoms with Crippen LogP contribution in [0.3, 0.4) is 0 Å². The highest BCUT2D eigenvalue weighted by molar-refractivity contribution is 5.67. The summed E-state index contributed by atoms with van der Waals surface area (Å²) in [5.41, 5.74) is 1.60. The number of benzene rings is 1. The van der Waals surface area contributed by atoms with Gasteiger partial charge < -0.3 is 19.3 Å². The fraction of sp³-hybridized carbons (Fsp3) is 0.429. The maximum Gasteiger partial charge on any atom is 0.303 e. The highest BCUT2D eigenvalue weighted by Crippen LogP contribution is 2.31. The van der Waals surface area contributed by atoms with Gasteiger partial charge in [0.05, 0.1) is 26.1 Å². The number of rotatable bonds is 10. The third-order valence-corrected chi connectivity index (χ3v) is 4.99. The Kier molecular flexibility index (Phi) is 9.77. The minimum absolute atomic E-state index is 0.0429. The summed E-state index contributed by atoms with van der Waals surface area (Å²) in [6.45, 7) is 6.49. The summed E-state index contributed by atoms with van der Waals surface area (Å²) in [6, 6.07) is 8.67. The number of aryl methyl sites for hydroxylation is 1. The van der Waals surface area contributed by atoms with Crippen molar-refractivity contribution in [2.45, 2.75) is 59.5 Å². The predicted molar refractivity (Wildman–Crippen MR) is 137 cm³/mol. The Morgan fingerprint density at radius 1 is 1.08 bits per heavy atom. The van der Waals surface area contributed by atoms with Gasteiger partial charge in [-0.2, -0.15) is 0 Å². The Balaban J connectivity index is 0.00000118. The van der Waals surface area contributed by atoms with E-state index < -0.39 is 11.8 Å². The van der Waals surface area contributed by atoms with Crippen molar-refractivity contribution >= 4 is 5.97 Å². The van der Waals surface area contributed by atoms with Gasteiger partial charge in [0.15, 0.2) is 5.82 Å². The minimum atomic E-state index is -0.854. The third-order valence-electron chi connectivity index (χ3n) is 4.99. The number of halogens is 1. The lowest BCUT2D eigenvalue weighted by Gasteiger charge is -2.20. The summed E-state index contributed by atoms with van der Waals surface area (Å²) in [7, 11) is 1.45. The van der Waals surface area contributed by atoms with Gasteiger partial charge in [0, 0.05) is 18.1 Å². The van der Waals surface area contributed by atoms with Crippen LogP contribution in [0.25, 0.3) is 11.3 Å². The van der Waals surface area contributed by atoms with Crippen LogP contribution in [0.4, 0.5) is 4.39 Å². The summed E-state index contributed by atoms with van der Waals surface area (Å²) < 4.78 is 31.5. The van der Waals surface area contributed by atoms with E-state index in [-0.39, 0.29) is 41.5 Å². The first-order valence-corrected chi connectivity index (χ1v) is 12.3. The fourth-order valence-corrected chi connectivity index (χ4v) is 2.96. The number of aliphatic carboxylic acids is 1. The van der Waals surface area contributed by atoms with Crippen molar-refractivity contribution in [2.75, 3.05) is 13.7 Å². The Bertz CT molecular complexity index is 1190. The Hall–Kier alpha value is -3.75. The number of carboxylic acid groups (broad SMARTS) is 1. The lowest BCUT2D eigenvalue weighted by Crippen LogP contribution is -2.18. The number of hydrogen-bond donors (Lipinski definition) is 1. The minimum Gasteiger partial charge on any atom is -0.487 e. The molecule has 1 aromatic carbocycles. The molecular formula is C28H34FN3O5. The molecule has 0 saturated heterocycles. The number of nitrogens with zero attached hydrogens (tertiary/aromatic N) is 3. The topological polar surface area (TPSA) is 104 Å². The average molecular weight is 512 g/mol. The second-order valence-electron chi connectivity index (χ2n) is 9.96. The van der Waals surface area contributed by atoms with E-state index in [9.17, 15) is 9.18 Å². The predicted octanol–water partition coefficient (Wildman–Crippen LogP) is 5.88. The van der Waals surface area contributed by atoms with Crippen LogP contribution in [0.5, 0.6) is 17.5 Å². The molecule has 198 valence electrons. The van der Waals surface area contributed by atoms with Gasteiger partial charge in [-0.3, -0.25) is 4.79 Å². The molecule has 1 aliphatic rings. The SMILES string of the molecule is C1CC1.COc1cc(-c2ncc(COc3cccc(CCC(=O)O)c3)nc2OCC(C)(C)C)c(F)cn1. The van der Waals surface area contributed by atoms with Crippen LogP contribution in [0.1, 0.15) is 57.7 Å². The zero-order chi connectivity index (χ0) is 26.8. The van der Waals surface area contributed by atoms with E-state index in [1.165, 1.54) is 38.6 Å². The largest absolute Gasteiger partial charge is 0.487 e. The van der Waals surface area contributed by atoms with E-state index in [1.54, 1.807) is 18.2 Å². The summed E-state index contributed by atoms with van der Waals surface area (Å²) in [5, 5.41) is 8.87. The standard InChI is InChI=1S/C25H28FN3O5.C3H6/c1-25(2,3)15-34-24-23(19-11-21(32-4)27-13-20(19)26)28-12-17(29-24)14-33-18-7-5-6-16(10-18)8-9-22(30)31;1-2-3-1/h5-7,10-13H,8-9,14-15H2,1-4H3,(H,30,31);1-3H2. The molecule has 0 unspecified atom stereocenters. The maximum atomic E-state index is 14.6. The zero-order valence-electron chi connectivity index (χ0n) is 21.8. The zero-order valence-corrected chi connectivity index (χ0v) is 21.8. The van der Waals surface area contributed by atoms with Crippen LogP contribution >= 0.6 is 0 Å².